The average Bonchev–Trinajstić information content (AvgIpc) is 2.65. The molecule has 3 unspecified atom stereocenters. The summed E-state index contributed by atoms with van der Waals surface area (Å²) in [6.07, 6.45) is 1.71. The Balaban J connectivity index is 2.96. The minimum absolute atomic E-state index is 0.0238. The molecule has 29 heavy (non-hydrogen) atoms. The summed E-state index contributed by atoms with van der Waals surface area (Å²) in [5.74, 6) is -2.98. The standard InChI is InChI=1S/C18H26N4O6S/c1-29-7-6-12(19)16(25)21-13(8-10-2-4-11(23)5-3-10)17(26)22-14(18(27)28)9-15(20)24/h2-5,12-14,23H,6-9,19H2,1H3,(H2,20,24)(H,21,25)(H,22,26)(H,27,28). The molecule has 0 fully saturated rings. The minimum atomic E-state index is -1.52. The van der Waals surface area contributed by atoms with E-state index in [1.165, 1.54) is 23.9 Å². The number of carboxylic acid groups (broad SMARTS) is 1. The number of phenols is 1. The highest BCUT2D eigenvalue weighted by molar-refractivity contribution is 7.98. The van der Waals surface area contributed by atoms with Crippen LogP contribution >= 0.6 is 11.8 Å². The number of primary amides is 1. The Labute approximate surface area is 172 Å². The molecule has 0 spiro atoms. The van der Waals surface area contributed by atoms with Crippen molar-refractivity contribution in [2.75, 3.05) is 12.0 Å². The molecule has 1 aromatic carbocycles. The van der Waals surface area contributed by atoms with E-state index in [-0.39, 0.29) is 12.2 Å². The third-order valence-electron chi connectivity index (χ3n) is 4.00. The van der Waals surface area contributed by atoms with E-state index < -0.39 is 48.2 Å². The number of hydrogen-bond acceptors (Lipinski definition) is 7. The number of benzene rings is 1. The normalized spacial score (nSPS) is 13.7. The Morgan fingerprint density at radius 2 is 1.66 bits per heavy atom. The van der Waals surface area contributed by atoms with Gasteiger partial charge in [-0.15, -0.1) is 0 Å². The van der Waals surface area contributed by atoms with Crippen LogP contribution < -0.4 is 22.1 Å². The number of hydrogen-bond donors (Lipinski definition) is 6. The molecule has 0 saturated carbocycles. The Morgan fingerprint density at radius 3 is 2.17 bits per heavy atom. The van der Waals surface area contributed by atoms with Crippen LogP contribution in [0.25, 0.3) is 0 Å². The summed E-state index contributed by atoms with van der Waals surface area (Å²) < 4.78 is 0. The highest BCUT2D eigenvalue weighted by Crippen LogP contribution is 2.12. The Kier molecular flexibility index (Phi) is 9.97. The van der Waals surface area contributed by atoms with Crippen LogP contribution in [0.15, 0.2) is 24.3 Å². The van der Waals surface area contributed by atoms with Crippen LogP contribution in [0, 0.1) is 0 Å². The molecule has 0 aliphatic carbocycles. The maximum Gasteiger partial charge on any atom is 0.326 e. The van der Waals surface area contributed by atoms with E-state index in [4.69, 9.17) is 11.5 Å². The molecule has 10 nitrogen and oxygen atoms in total. The van der Waals surface area contributed by atoms with Gasteiger partial charge in [0.1, 0.15) is 17.8 Å². The molecule has 1 aromatic rings. The molecule has 0 heterocycles. The zero-order valence-corrected chi connectivity index (χ0v) is 16.8. The molecule has 8 N–H and O–H groups in total. The highest BCUT2D eigenvalue weighted by Gasteiger charge is 2.29. The summed E-state index contributed by atoms with van der Waals surface area (Å²) in [5, 5.41) is 23.3. The van der Waals surface area contributed by atoms with Crippen LogP contribution in [0.1, 0.15) is 18.4 Å². The lowest BCUT2D eigenvalue weighted by Crippen LogP contribution is -2.55. The summed E-state index contributed by atoms with van der Waals surface area (Å²) in [7, 11) is 0. The quantitative estimate of drug-likeness (QED) is 0.244. The van der Waals surface area contributed by atoms with Crippen LogP contribution in [0.3, 0.4) is 0 Å². The molecule has 3 amide bonds. The first-order valence-corrected chi connectivity index (χ1v) is 10.2. The molecule has 0 radical (unpaired) electrons. The second-order valence-corrected chi connectivity index (χ2v) is 7.38. The fourth-order valence-corrected chi connectivity index (χ4v) is 2.89. The van der Waals surface area contributed by atoms with Gasteiger partial charge >= 0.3 is 5.97 Å². The van der Waals surface area contributed by atoms with Crippen molar-refractivity contribution in [2.24, 2.45) is 11.5 Å². The number of carboxylic acids is 1. The third-order valence-corrected chi connectivity index (χ3v) is 4.64. The molecule has 0 aromatic heterocycles. The Morgan fingerprint density at radius 1 is 1.07 bits per heavy atom. The van der Waals surface area contributed by atoms with Gasteiger partial charge in [0.05, 0.1) is 12.5 Å². The van der Waals surface area contributed by atoms with Gasteiger partial charge in [-0.3, -0.25) is 14.4 Å². The van der Waals surface area contributed by atoms with Gasteiger partial charge in [-0.25, -0.2) is 4.79 Å². The molecule has 11 heteroatoms. The number of amides is 3. The van der Waals surface area contributed by atoms with Crippen molar-refractivity contribution in [3.8, 4) is 5.75 Å². The lowest BCUT2D eigenvalue weighted by molar-refractivity contribution is -0.143. The maximum atomic E-state index is 12.6. The number of carbonyl (C=O) groups excluding carboxylic acids is 3. The van der Waals surface area contributed by atoms with Crippen LogP contribution in [-0.2, 0) is 25.6 Å². The number of aromatic hydroxyl groups is 1. The smallest absolute Gasteiger partial charge is 0.326 e. The molecule has 0 aliphatic rings. The van der Waals surface area contributed by atoms with Crippen LogP contribution in [0.5, 0.6) is 5.75 Å². The van der Waals surface area contributed by atoms with Crippen LogP contribution in [0.4, 0.5) is 0 Å². The zero-order chi connectivity index (χ0) is 22.0. The van der Waals surface area contributed by atoms with Gasteiger partial charge in [0.15, 0.2) is 0 Å². The van der Waals surface area contributed by atoms with Gasteiger partial charge in [-0.2, -0.15) is 11.8 Å². The lowest BCUT2D eigenvalue weighted by Gasteiger charge is -2.22. The van der Waals surface area contributed by atoms with Crippen molar-refractivity contribution >= 4 is 35.5 Å². The monoisotopic (exact) mass is 426 g/mol. The molecule has 0 bridgehead atoms. The topological polar surface area (TPSA) is 185 Å². The fraction of sp³-hybridized carbons (Fsp3) is 0.444. The fourth-order valence-electron chi connectivity index (χ4n) is 2.41. The number of rotatable bonds is 12. The van der Waals surface area contributed by atoms with Crippen LogP contribution in [0.2, 0.25) is 0 Å². The van der Waals surface area contributed by atoms with E-state index in [2.05, 4.69) is 10.6 Å². The zero-order valence-electron chi connectivity index (χ0n) is 16.0. The SMILES string of the molecule is CSCCC(N)C(=O)NC(Cc1ccc(O)cc1)C(=O)NC(CC(N)=O)C(=O)O. The number of nitrogens with two attached hydrogens (primary N) is 2. The van der Waals surface area contributed by atoms with Crippen molar-refractivity contribution in [3.05, 3.63) is 29.8 Å². The average molecular weight is 426 g/mol. The molecule has 1 rings (SSSR count). The summed E-state index contributed by atoms with van der Waals surface area (Å²) in [5.41, 5.74) is 11.5. The van der Waals surface area contributed by atoms with Crippen molar-refractivity contribution in [1.82, 2.24) is 10.6 Å². The molecular weight excluding hydrogens is 400 g/mol. The van der Waals surface area contributed by atoms with E-state index >= 15 is 0 Å². The number of carbonyl (C=O) groups is 4. The van der Waals surface area contributed by atoms with Gasteiger partial charge in [-0.05, 0) is 36.1 Å². The van der Waals surface area contributed by atoms with E-state index in [0.717, 1.165) is 0 Å². The van der Waals surface area contributed by atoms with Gasteiger partial charge in [0.2, 0.25) is 17.7 Å². The largest absolute Gasteiger partial charge is 0.508 e. The molecule has 0 saturated heterocycles. The van der Waals surface area contributed by atoms with Crippen LogP contribution in [-0.4, -0.2) is 64.0 Å². The van der Waals surface area contributed by atoms with Gasteiger partial charge < -0.3 is 32.3 Å². The maximum absolute atomic E-state index is 12.6. The first-order valence-electron chi connectivity index (χ1n) is 8.78. The van der Waals surface area contributed by atoms with Crippen molar-refractivity contribution in [3.63, 3.8) is 0 Å². The van der Waals surface area contributed by atoms with Gasteiger partial charge in [0, 0.05) is 6.42 Å². The molecule has 160 valence electrons. The second kappa shape index (κ2) is 11.9. The number of nitrogens with one attached hydrogen (secondary N) is 2. The summed E-state index contributed by atoms with van der Waals surface area (Å²) in [4.78, 5) is 47.3. The number of phenolic OH excluding ortho intramolecular Hbond substituents is 1. The first-order chi connectivity index (χ1) is 13.6. The van der Waals surface area contributed by atoms with E-state index in [9.17, 15) is 29.4 Å². The third kappa shape index (κ3) is 8.83. The first kappa shape index (κ1) is 24.2. The predicted molar refractivity (Wildman–Crippen MR) is 108 cm³/mol. The van der Waals surface area contributed by atoms with Gasteiger partial charge in [-0.1, -0.05) is 12.1 Å². The summed E-state index contributed by atoms with van der Waals surface area (Å²) in [6.45, 7) is 0. The summed E-state index contributed by atoms with van der Waals surface area (Å²) >= 11 is 1.52. The van der Waals surface area contributed by atoms with Crippen molar-refractivity contribution in [2.45, 2.75) is 37.4 Å². The van der Waals surface area contributed by atoms with E-state index in [1.54, 1.807) is 12.1 Å². The minimum Gasteiger partial charge on any atom is -0.508 e. The summed E-state index contributed by atoms with van der Waals surface area (Å²) in [6, 6.07) is 2.47. The highest BCUT2D eigenvalue weighted by atomic mass is 32.2. The second-order valence-electron chi connectivity index (χ2n) is 6.39. The Hall–Kier alpha value is -2.79. The molecule has 0 aliphatic heterocycles. The van der Waals surface area contributed by atoms with Gasteiger partial charge in [0.25, 0.3) is 0 Å². The lowest BCUT2D eigenvalue weighted by atomic mass is 10.0. The number of aliphatic carboxylic acids is 1. The number of thioether (sulfide) groups is 1. The van der Waals surface area contributed by atoms with E-state index in [0.29, 0.717) is 17.7 Å². The van der Waals surface area contributed by atoms with Crippen molar-refractivity contribution in [1.29, 1.82) is 0 Å². The van der Waals surface area contributed by atoms with E-state index in [1.807, 2.05) is 6.26 Å². The van der Waals surface area contributed by atoms with Crippen molar-refractivity contribution < 1.29 is 29.4 Å². The predicted octanol–water partition coefficient (Wildman–Crippen LogP) is -1.06. The molecule has 3 atom stereocenters. The molecular formula is C18H26N4O6S. The Bertz CT molecular complexity index is 728.